The summed E-state index contributed by atoms with van der Waals surface area (Å²) in [5.41, 5.74) is -0.819. The molecule has 2 unspecified atom stereocenters. The van der Waals surface area contributed by atoms with Crippen LogP contribution in [0.4, 0.5) is 0 Å². The Balaban J connectivity index is 2.11. The minimum atomic E-state index is -0.819. The van der Waals surface area contributed by atoms with Crippen molar-refractivity contribution in [2.75, 3.05) is 6.54 Å². The summed E-state index contributed by atoms with van der Waals surface area (Å²) in [6.07, 6.45) is 2.28. The third-order valence-corrected chi connectivity index (χ3v) is 3.67. The van der Waals surface area contributed by atoms with Crippen molar-refractivity contribution in [1.82, 2.24) is 20.4 Å². The van der Waals surface area contributed by atoms with Gasteiger partial charge in [0.05, 0.1) is 0 Å². The predicted molar refractivity (Wildman–Crippen MR) is 66.0 cm³/mol. The number of nitrogens with zero attached hydrogens (tertiary/aromatic N) is 3. The van der Waals surface area contributed by atoms with Gasteiger partial charge in [0.15, 0.2) is 5.82 Å². The topological polar surface area (TPSA) is 88.3 Å². The van der Waals surface area contributed by atoms with Gasteiger partial charge in [-0.05, 0) is 20.3 Å². The van der Waals surface area contributed by atoms with E-state index in [0.29, 0.717) is 25.2 Å². The molecule has 0 aliphatic carbocycles. The van der Waals surface area contributed by atoms with Gasteiger partial charge in [-0.3, -0.25) is 9.59 Å². The zero-order valence-corrected chi connectivity index (χ0v) is 11.3. The minimum Gasteiger partial charge on any atom is -0.343 e. The van der Waals surface area contributed by atoms with Crippen molar-refractivity contribution in [3.05, 3.63) is 12.2 Å². The number of amides is 2. The van der Waals surface area contributed by atoms with E-state index in [0.717, 1.165) is 0 Å². The third kappa shape index (κ3) is 2.45. The molecular weight excluding hydrogens is 248 g/mol. The van der Waals surface area contributed by atoms with E-state index in [1.165, 1.54) is 6.39 Å². The van der Waals surface area contributed by atoms with E-state index in [1.54, 1.807) is 18.7 Å². The maximum absolute atomic E-state index is 12.4. The second-order valence-electron chi connectivity index (χ2n) is 4.95. The van der Waals surface area contributed by atoms with Crippen molar-refractivity contribution >= 4 is 11.8 Å². The first kappa shape index (κ1) is 13.5. The van der Waals surface area contributed by atoms with E-state index >= 15 is 0 Å². The van der Waals surface area contributed by atoms with Crippen molar-refractivity contribution < 1.29 is 14.1 Å². The van der Waals surface area contributed by atoms with Crippen LogP contribution in [0, 0.1) is 0 Å². The average molecular weight is 266 g/mol. The van der Waals surface area contributed by atoms with Gasteiger partial charge < -0.3 is 14.7 Å². The number of rotatable bonds is 4. The van der Waals surface area contributed by atoms with Crippen molar-refractivity contribution in [2.45, 2.75) is 45.2 Å². The fourth-order valence-electron chi connectivity index (χ4n) is 2.12. The Hall–Kier alpha value is -1.92. The van der Waals surface area contributed by atoms with Gasteiger partial charge in [-0.25, -0.2) is 0 Å². The van der Waals surface area contributed by atoms with Gasteiger partial charge >= 0.3 is 0 Å². The number of carbonyl (C=O) groups excluding carboxylic acids is 2. The molecular formula is C12H18N4O3. The number of hydrogen-bond acceptors (Lipinski definition) is 5. The summed E-state index contributed by atoms with van der Waals surface area (Å²) in [4.78, 5) is 29.9. The Morgan fingerprint density at radius 3 is 2.84 bits per heavy atom. The lowest BCUT2D eigenvalue weighted by Crippen LogP contribution is -2.68. The highest BCUT2D eigenvalue weighted by Gasteiger charge is 2.45. The minimum absolute atomic E-state index is 0.0643. The van der Waals surface area contributed by atoms with Crippen molar-refractivity contribution in [3.63, 3.8) is 0 Å². The average Bonchev–Trinajstić information content (AvgIpc) is 2.90. The van der Waals surface area contributed by atoms with E-state index < -0.39 is 11.6 Å². The fourth-order valence-corrected chi connectivity index (χ4v) is 2.12. The molecule has 1 aromatic rings. The van der Waals surface area contributed by atoms with Crippen LogP contribution >= 0.6 is 0 Å². The van der Waals surface area contributed by atoms with Crippen LogP contribution in [-0.2, 0) is 16.0 Å². The van der Waals surface area contributed by atoms with Crippen LogP contribution in [0.15, 0.2) is 10.9 Å². The standard InChI is InChI=1S/C12H18N4O3/c1-4-12(3)11(18)16(8(2)10(17)14-12)6-5-9-13-7-19-15-9/h7-8H,4-6H2,1-3H3,(H,14,17). The molecule has 1 aliphatic rings. The lowest BCUT2D eigenvalue weighted by atomic mass is 9.92. The van der Waals surface area contributed by atoms with Gasteiger partial charge in [0, 0.05) is 13.0 Å². The van der Waals surface area contributed by atoms with Gasteiger partial charge in [-0.2, -0.15) is 4.98 Å². The Labute approximate surface area is 111 Å². The SMILES string of the molecule is CCC1(C)NC(=O)C(C)N(CCc2ncon2)C1=O. The van der Waals surface area contributed by atoms with Crippen molar-refractivity contribution in [3.8, 4) is 0 Å². The van der Waals surface area contributed by atoms with Crippen LogP contribution in [0.25, 0.3) is 0 Å². The molecule has 7 heteroatoms. The smallest absolute Gasteiger partial charge is 0.248 e. The number of aromatic nitrogens is 2. The van der Waals surface area contributed by atoms with Gasteiger partial charge in [0.25, 0.3) is 0 Å². The number of piperazine rings is 1. The molecule has 104 valence electrons. The number of hydrogen-bond donors (Lipinski definition) is 1. The van der Waals surface area contributed by atoms with Gasteiger partial charge in [0.1, 0.15) is 11.6 Å². The first-order valence-electron chi connectivity index (χ1n) is 6.36. The highest BCUT2D eigenvalue weighted by Crippen LogP contribution is 2.21. The molecule has 2 atom stereocenters. The van der Waals surface area contributed by atoms with Crippen LogP contribution in [0.2, 0.25) is 0 Å². The van der Waals surface area contributed by atoms with E-state index in [-0.39, 0.29) is 11.8 Å². The Morgan fingerprint density at radius 1 is 1.53 bits per heavy atom. The monoisotopic (exact) mass is 266 g/mol. The normalized spacial score (nSPS) is 27.5. The van der Waals surface area contributed by atoms with Crippen molar-refractivity contribution in [1.29, 1.82) is 0 Å². The summed E-state index contributed by atoms with van der Waals surface area (Å²) in [5, 5.41) is 6.49. The summed E-state index contributed by atoms with van der Waals surface area (Å²) in [6.45, 7) is 5.76. The maximum Gasteiger partial charge on any atom is 0.248 e. The molecule has 1 N–H and O–H groups in total. The quantitative estimate of drug-likeness (QED) is 0.836. The molecule has 1 aliphatic heterocycles. The van der Waals surface area contributed by atoms with E-state index in [4.69, 9.17) is 0 Å². The molecule has 2 amide bonds. The second-order valence-corrected chi connectivity index (χ2v) is 4.95. The van der Waals surface area contributed by atoms with E-state index in [9.17, 15) is 9.59 Å². The van der Waals surface area contributed by atoms with Crippen LogP contribution in [0.1, 0.15) is 33.0 Å². The second kappa shape index (κ2) is 4.99. The first-order valence-corrected chi connectivity index (χ1v) is 6.36. The molecule has 19 heavy (non-hydrogen) atoms. The van der Waals surface area contributed by atoms with Gasteiger partial charge in [0.2, 0.25) is 18.2 Å². The van der Waals surface area contributed by atoms with Crippen LogP contribution in [0.3, 0.4) is 0 Å². The molecule has 0 radical (unpaired) electrons. The maximum atomic E-state index is 12.4. The molecule has 1 fully saturated rings. The highest BCUT2D eigenvalue weighted by atomic mass is 16.5. The molecule has 7 nitrogen and oxygen atoms in total. The lowest BCUT2D eigenvalue weighted by Gasteiger charge is -2.42. The van der Waals surface area contributed by atoms with Gasteiger partial charge in [-0.1, -0.05) is 12.1 Å². The molecule has 0 spiro atoms. The molecule has 1 aromatic heterocycles. The predicted octanol–water partition coefficient (Wildman–Crippen LogP) is 0.128. The summed E-state index contributed by atoms with van der Waals surface area (Å²) < 4.78 is 4.65. The lowest BCUT2D eigenvalue weighted by molar-refractivity contribution is -0.153. The van der Waals surface area contributed by atoms with Crippen LogP contribution in [0.5, 0.6) is 0 Å². The molecule has 2 rings (SSSR count). The van der Waals surface area contributed by atoms with Crippen LogP contribution < -0.4 is 5.32 Å². The summed E-state index contributed by atoms with van der Waals surface area (Å²) >= 11 is 0. The molecule has 2 heterocycles. The number of nitrogens with one attached hydrogen (secondary N) is 1. The summed E-state index contributed by atoms with van der Waals surface area (Å²) in [5.74, 6) is 0.340. The van der Waals surface area contributed by atoms with E-state index in [1.807, 2.05) is 6.92 Å². The zero-order valence-electron chi connectivity index (χ0n) is 11.3. The number of carbonyl (C=O) groups is 2. The molecule has 0 saturated carbocycles. The summed E-state index contributed by atoms with van der Waals surface area (Å²) in [7, 11) is 0. The molecule has 1 saturated heterocycles. The molecule has 0 aromatic carbocycles. The fraction of sp³-hybridized carbons (Fsp3) is 0.667. The third-order valence-electron chi connectivity index (χ3n) is 3.67. The Morgan fingerprint density at radius 2 is 2.26 bits per heavy atom. The summed E-state index contributed by atoms with van der Waals surface area (Å²) in [6, 6.07) is -0.473. The Kier molecular flexibility index (Phi) is 3.55. The largest absolute Gasteiger partial charge is 0.343 e. The first-order chi connectivity index (χ1) is 8.98. The zero-order chi connectivity index (χ0) is 14.0. The van der Waals surface area contributed by atoms with Gasteiger partial charge in [-0.15, -0.1) is 0 Å². The highest BCUT2D eigenvalue weighted by molar-refractivity contribution is 5.99. The Bertz CT molecular complexity index is 473. The van der Waals surface area contributed by atoms with Crippen molar-refractivity contribution in [2.24, 2.45) is 0 Å². The van der Waals surface area contributed by atoms with E-state index in [2.05, 4.69) is 20.0 Å². The molecule has 0 bridgehead atoms. The van der Waals surface area contributed by atoms with Crippen LogP contribution in [-0.4, -0.2) is 45.0 Å².